The highest BCUT2D eigenvalue weighted by molar-refractivity contribution is 7.99. The van der Waals surface area contributed by atoms with Gasteiger partial charge in [0, 0.05) is 6.04 Å². The maximum Gasteiger partial charge on any atom is 0.313 e. The third-order valence-electron chi connectivity index (χ3n) is 2.73. The molecule has 0 fully saturated rings. The maximum atomic E-state index is 10.7. The number of hydrogen-bond donors (Lipinski definition) is 3. The Hall–Kier alpha value is -2.22. The molecule has 1 aromatic carbocycles. The highest BCUT2D eigenvalue weighted by Gasteiger charge is 2.20. The van der Waals surface area contributed by atoms with Crippen molar-refractivity contribution in [3.05, 3.63) is 18.2 Å². The highest BCUT2D eigenvalue weighted by atomic mass is 32.2. The lowest BCUT2D eigenvalue weighted by Crippen LogP contribution is -2.07. The predicted molar refractivity (Wildman–Crippen MR) is 77.5 cm³/mol. The molecule has 0 saturated carbocycles. The molecule has 0 spiro atoms. The van der Waals surface area contributed by atoms with Crippen molar-refractivity contribution in [2.24, 2.45) is 0 Å². The van der Waals surface area contributed by atoms with Crippen LogP contribution in [0.4, 0.5) is 0 Å². The van der Waals surface area contributed by atoms with Crippen LogP contribution in [0.25, 0.3) is 11.4 Å². The van der Waals surface area contributed by atoms with E-state index in [1.807, 2.05) is 13.8 Å². The Morgan fingerprint density at radius 1 is 1.33 bits per heavy atom. The lowest BCUT2D eigenvalue weighted by molar-refractivity contribution is -0.133. The molecule has 2 rings (SSSR count). The molecule has 8 heteroatoms. The van der Waals surface area contributed by atoms with Crippen molar-refractivity contribution < 1.29 is 20.1 Å². The van der Waals surface area contributed by atoms with Crippen LogP contribution in [0, 0.1) is 0 Å². The lowest BCUT2D eigenvalue weighted by atomic mass is 10.1. The number of phenolic OH excluding ortho intramolecular Hbond substituents is 2. The fourth-order valence-electron chi connectivity index (χ4n) is 1.85. The van der Waals surface area contributed by atoms with E-state index in [0.717, 1.165) is 11.8 Å². The van der Waals surface area contributed by atoms with E-state index < -0.39 is 5.97 Å². The van der Waals surface area contributed by atoms with Crippen molar-refractivity contribution >= 4 is 17.7 Å². The maximum absolute atomic E-state index is 10.7. The van der Waals surface area contributed by atoms with E-state index >= 15 is 0 Å². The summed E-state index contributed by atoms with van der Waals surface area (Å²) in [6.45, 7) is 3.80. The van der Waals surface area contributed by atoms with Crippen LogP contribution in [0.1, 0.15) is 19.9 Å². The summed E-state index contributed by atoms with van der Waals surface area (Å²) in [5.41, 5.74) is 0.346. The van der Waals surface area contributed by atoms with Gasteiger partial charge < -0.3 is 15.3 Å². The van der Waals surface area contributed by atoms with Crippen LogP contribution >= 0.6 is 11.8 Å². The Kier molecular flexibility index (Phi) is 4.37. The number of carboxylic acid groups (broad SMARTS) is 1. The molecule has 7 nitrogen and oxygen atoms in total. The molecular formula is C13H15N3O4S. The standard InChI is InChI=1S/C13H15N3O4S/c1-7(2)16-12(9-5-8(17)3-4-10(9)18)14-15-13(16)21-6-11(19)20/h3-5,7,17-18H,6H2,1-2H3,(H,19,20). The van der Waals surface area contributed by atoms with Gasteiger partial charge in [0.2, 0.25) is 0 Å². The smallest absolute Gasteiger partial charge is 0.313 e. The fourth-order valence-corrected chi connectivity index (χ4v) is 2.64. The Balaban J connectivity index is 2.49. The van der Waals surface area contributed by atoms with Crippen LogP contribution in [0.2, 0.25) is 0 Å². The van der Waals surface area contributed by atoms with Gasteiger partial charge >= 0.3 is 5.97 Å². The molecule has 0 bridgehead atoms. The fraction of sp³-hybridized carbons (Fsp3) is 0.308. The van der Waals surface area contributed by atoms with Crippen LogP contribution in [-0.2, 0) is 4.79 Å². The lowest BCUT2D eigenvalue weighted by Gasteiger charge is -2.14. The first-order valence-electron chi connectivity index (χ1n) is 6.22. The first kappa shape index (κ1) is 15.2. The van der Waals surface area contributed by atoms with E-state index in [2.05, 4.69) is 10.2 Å². The largest absolute Gasteiger partial charge is 0.508 e. The summed E-state index contributed by atoms with van der Waals surface area (Å²) >= 11 is 1.05. The quantitative estimate of drug-likeness (QED) is 0.573. The molecule has 2 aromatic rings. The number of benzene rings is 1. The Morgan fingerprint density at radius 2 is 2.05 bits per heavy atom. The van der Waals surface area contributed by atoms with Gasteiger partial charge in [0.1, 0.15) is 11.5 Å². The summed E-state index contributed by atoms with van der Waals surface area (Å²) in [6, 6.07) is 4.10. The first-order chi connectivity index (χ1) is 9.90. The molecular weight excluding hydrogens is 294 g/mol. The van der Waals surface area contributed by atoms with Gasteiger partial charge in [-0.25, -0.2) is 0 Å². The molecule has 0 amide bonds. The van der Waals surface area contributed by atoms with E-state index in [1.165, 1.54) is 18.2 Å². The van der Waals surface area contributed by atoms with Gasteiger partial charge in [-0.05, 0) is 32.0 Å². The Morgan fingerprint density at radius 3 is 2.67 bits per heavy atom. The van der Waals surface area contributed by atoms with E-state index in [1.54, 1.807) is 4.57 Å². The van der Waals surface area contributed by atoms with Gasteiger partial charge in [0.05, 0.1) is 11.3 Å². The molecule has 0 aliphatic heterocycles. The zero-order chi connectivity index (χ0) is 15.6. The predicted octanol–water partition coefficient (Wildman–Crippen LogP) is 2.11. The van der Waals surface area contributed by atoms with Crippen LogP contribution < -0.4 is 0 Å². The summed E-state index contributed by atoms with van der Waals surface area (Å²) in [5.74, 6) is -0.722. The number of aromatic nitrogens is 3. The van der Waals surface area contributed by atoms with Crippen molar-refractivity contribution in [1.82, 2.24) is 14.8 Å². The number of phenols is 2. The summed E-state index contributed by atoms with van der Waals surface area (Å²) in [7, 11) is 0. The minimum atomic E-state index is -0.944. The average Bonchev–Trinajstić information content (AvgIpc) is 2.83. The van der Waals surface area contributed by atoms with Gasteiger partial charge in [-0.3, -0.25) is 9.36 Å². The van der Waals surface area contributed by atoms with Crippen LogP contribution in [0.15, 0.2) is 23.4 Å². The minimum absolute atomic E-state index is 0.000783. The number of hydrogen-bond acceptors (Lipinski definition) is 6. The molecule has 0 atom stereocenters. The molecule has 0 aliphatic rings. The molecule has 0 radical (unpaired) electrons. The second kappa shape index (κ2) is 6.04. The van der Waals surface area contributed by atoms with E-state index in [4.69, 9.17) is 5.11 Å². The van der Waals surface area contributed by atoms with Crippen molar-refractivity contribution in [2.45, 2.75) is 25.0 Å². The molecule has 1 heterocycles. The van der Waals surface area contributed by atoms with Gasteiger partial charge in [0.25, 0.3) is 0 Å². The number of carboxylic acids is 1. The van der Waals surface area contributed by atoms with Crippen molar-refractivity contribution in [2.75, 3.05) is 5.75 Å². The number of thioether (sulfide) groups is 1. The second-order valence-corrected chi connectivity index (χ2v) is 5.60. The van der Waals surface area contributed by atoms with Crippen LogP contribution in [-0.4, -0.2) is 41.8 Å². The normalized spacial score (nSPS) is 11.0. The average molecular weight is 309 g/mol. The number of aliphatic carboxylic acids is 1. The van der Waals surface area contributed by atoms with E-state index in [-0.39, 0.29) is 23.3 Å². The van der Waals surface area contributed by atoms with Crippen LogP contribution in [0.5, 0.6) is 11.5 Å². The third kappa shape index (κ3) is 3.27. The SMILES string of the molecule is CC(C)n1c(SCC(=O)O)nnc1-c1cc(O)ccc1O. The topological polar surface area (TPSA) is 108 Å². The van der Waals surface area contributed by atoms with Gasteiger partial charge in [-0.2, -0.15) is 0 Å². The number of nitrogens with zero attached hydrogens (tertiary/aromatic N) is 3. The summed E-state index contributed by atoms with van der Waals surface area (Å²) in [4.78, 5) is 10.7. The van der Waals surface area contributed by atoms with Crippen molar-refractivity contribution in [3.8, 4) is 22.9 Å². The molecule has 0 unspecified atom stereocenters. The number of aromatic hydroxyl groups is 2. The number of rotatable bonds is 5. The van der Waals surface area contributed by atoms with Crippen molar-refractivity contribution in [1.29, 1.82) is 0 Å². The van der Waals surface area contributed by atoms with Crippen LogP contribution in [0.3, 0.4) is 0 Å². The zero-order valence-corrected chi connectivity index (χ0v) is 12.3. The van der Waals surface area contributed by atoms with E-state index in [9.17, 15) is 15.0 Å². The minimum Gasteiger partial charge on any atom is -0.508 e. The van der Waals surface area contributed by atoms with Gasteiger partial charge in [-0.1, -0.05) is 11.8 Å². The molecule has 3 N–H and O–H groups in total. The summed E-state index contributed by atoms with van der Waals surface area (Å²) in [6.07, 6.45) is 0. The molecule has 112 valence electrons. The monoisotopic (exact) mass is 309 g/mol. The third-order valence-corrected chi connectivity index (χ3v) is 3.65. The number of carbonyl (C=O) groups is 1. The molecule has 1 aromatic heterocycles. The highest BCUT2D eigenvalue weighted by Crippen LogP contribution is 2.34. The summed E-state index contributed by atoms with van der Waals surface area (Å²) < 4.78 is 1.72. The van der Waals surface area contributed by atoms with Crippen molar-refractivity contribution in [3.63, 3.8) is 0 Å². The van der Waals surface area contributed by atoms with Gasteiger partial charge in [0.15, 0.2) is 11.0 Å². The molecule has 0 aliphatic carbocycles. The van der Waals surface area contributed by atoms with E-state index in [0.29, 0.717) is 16.5 Å². The molecule has 0 saturated heterocycles. The Labute approximate surface area is 125 Å². The first-order valence-corrected chi connectivity index (χ1v) is 7.20. The molecule has 21 heavy (non-hydrogen) atoms. The second-order valence-electron chi connectivity index (χ2n) is 4.65. The summed E-state index contributed by atoms with van der Waals surface area (Å²) in [5, 5.41) is 36.7. The Bertz CT molecular complexity index is 669. The van der Waals surface area contributed by atoms with Gasteiger partial charge in [-0.15, -0.1) is 10.2 Å². The zero-order valence-electron chi connectivity index (χ0n) is 11.5.